The van der Waals surface area contributed by atoms with Crippen LogP contribution in [0.15, 0.2) is 48.5 Å². The zero-order valence-corrected chi connectivity index (χ0v) is 14.7. The number of anilines is 3. The van der Waals surface area contributed by atoms with Gasteiger partial charge in [-0.05, 0) is 55.6 Å². The van der Waals surface area contributed by atoms with Crippen molar-refractivity contribution < 1.29 is 5.11 Å². The van der Waals surface area contributed by atoms with E-state index >= 15 is 0 Å². The number of phenols is 1. The summed E-state index contributed by atoms with van der Waals surface area (Å²) in [6.07, 6.45) is 0. The number of hydrogen-bond acceptors (Lipinski definition) is 5. The zero-order valence-electron chi connectivity index (χ0n) is 14.7. The van der Waals surface area contributed by atoms with Gasteiger partial charge >= 0.3 is 0 Å². The van der Waals surface area contributed by atoms with E-state index in [0.29, 0.717) is 5.75 Å². The van der Waals surface area contributed by atoms with E-state index in [1.54, 1.807) is 6.07 Å². The second-order valence-electron chi connectivity index (χ2n) is 6.04. The van der Waals surface area contributed by atoms with Crippen molar-refractivity contribution in [3.8, 4) is 5.75 Å². The number of aromatic hydroxyl groups is 1. The van der Waals surface area contributed by atoms with E-state index in [4.69, 9.17) is 5.73 Å². The Hall–Kier alpha value is -2.79. The lowest BCUT2D eigenvalue weighted by Gasteiger charge is -2.19. The third-order valence-corrected chi connectivity index (χ3v) is 4.41. The van der Waals surface area contributed by atoms with Crippen LogP contribution in [0.4, 0.5) is 17.2 Å². The number of rotatable bonds is 6. The summed E-state index contributed by atoms with van der Waals surface area (Å²) in [5.74, 6) is 1.06. The lowest BCUT2D eigenvalue weighted by atomic mass is 10.1. The van der Waals surface area contributed by atoms with Crippen LogP contribution in [0.25, 0.3) is 10.9 Å². The van der Waals surface area contributed by atoms with Crippen LogP contribution in [0.1, 0.15) is 19.4 Å². The first-order valence-electron chi connectivity index (χ1n) is 8.57. The molecule has 5 nitrogen and oxygen atoms in total. The Bertz CT molecular complexity index is 875. The standard InChI is InChI=1S/C20H24N4O/c1-3-24(4-2)13-14-12-15(8-10-19(14)25)22-20-11-9-16-17(21)6-5-7-18(16)23-20/h5-12,25H,3-4,13,21H2,1-2H3,(H,22,23). The van der Waals surface area contributed by atoms with Gasteiger partial charge in [0.25, 0.3) is 0 Å². The highest BCUT2D eigenvalue weighted by Crippen LogP contribution is 2.26. The number of aromatic nitrogens is 1. The average molecular weight is 336 g/mol. The molecule has 0 aliphatic carbocycles. The van der Waals surface area contributed by atoms with Crippen LogP contribution >= 0.6 is 0 Å². The molecule has 0 saturated carbocycles. The van der Waals surface area contributed by atoms with Gasteiger partial charge in [0.2, 0.25) is 0 Å². The van der Waals surface area contributed by atoms with Crippen LogP contribution in [-0.4, -0.2) is 28.1 Å². The number of nitrogen functional groups attached to an aromatic ring is 1. The van der Waals surface area contributed by atoms with Crippen LogP contribution in [0.5, 0.6) is 5.75 Å². The predicted molar refractivity (Wildman–Crippen MR) is 104 cm³/mol. The van der Waals surface area contributed by atoms with Crippen LogP contribution in [0.2, 0.25) is 0 Å². The van der Waals surface area contributed by atoms with E-state index in [9.17, 15) is 5.11 Å². The second-order valence-corrected chi connectivity index (χ2v) is 6.04. The molecule has 4 N–H and O–H groups in total. The first-order valence-corrected chi connectivity index (χ1v) is 8.57. The fourth-order valence-electron chi connectivity index (χ4n) is 2.87. The first-order chi connectivity index (χ1) is 12.1. The van der Waals surface area contributed by atoms with E-state index in [1.807, 2.05) is 42.5 Å². The summed E-state index contributed by atoms with van der Waals surface area (Å²) in [5.41, 5.74) is 9.35. The molecule has 0 spiro atoms. The van der Waals surface area contributed by atoms with Gasteiger partial charge in [-0.1, -0.05) is 19.9 Å². The van der Waals surface area contributed by atoms with Crippen molar-refractivity contribution >= 4 is 28.1 Å². The lowest BCUT2D eigenvalue weighted by molar-refractivity contribution is 0.291. The van der Waals surface area contributed by atoms with Gasteiger partial charge in [0, 0.05) is 28.9 Å². The highest BCUT2D eigenvalue weighted by atomic mass is 16.3. The third kappa shape index (κ3) is 3.83. The molecule has 130 valence electrons. The topological polar surface area (TPSA) is 74.4 Å². The number of benzene rings is 2. The highest BCUT2D eigenvalue weighted by molar-refractivity contribution is 5.91. The zero-order chi connectivity index (χ0) is 17.8. The Morgan fingerprint density at radius 3 is 2.64 bits per heavy atom. The molecule has 0 bridgehead atoms. The van der Waals surface area contributed by atoms with E-state index in [2.05, 4.69) is 29.0 Å². The second kappa shape index (κ2) is 7.40. The fourth-order valence-corrected chi connectivity index (χ4v) is 2.87. The van der Waals surface area contributed by atoms with Crippen LogP contribution in [-0.2, 0) is 6.54 Å². The van der Waals surface area contributed by atoms with Crippen LogP contribution in [0, 0.1) is 0 Å². The minimum Gasteiger partial charge on any atom is -0.508 e. The maximum Gasteiger partial charge on any atom is 0.131 e. The van der Waals surface area contributed by atoms with Crippen LogP contribution in [0.3, 0.4) is 0 Å². The molecule has 0 unspecified atom stereocenters. The SMILES string of the molecule is CCN(CC)Cc1cc(Nc2ccc3c(N)cccc3n2)ccc1O. The van der Waals surface area contributed by atoms with Gasteiger partial charge in [0.1, 0.15) is 11.6 Å². The molecule has 0 aliphatic heterocycles. The number of nitrogens with zero attached hydrogens (tertiary/aromatic N) is 2. The molecule has 1 heterocycles. The van der Waals surface area contributed by atoms with E-state index in [1.165, 1.54) is 0 Å². The maximum absolute atomic E-state index is 10.1. The lowest BCUT2D eigenvalue weighted by Crippen LogP contribution is -2.22. The predicted octanol–water partition coefficient (Wildman–Crippen LogP) is 4.11. The van der Waals surface area contributed by atoms with Crippen molar-refractivity contribution in [2.24, 2.45) is 0 Å². The number of phenolic OH excluding ortho intramolecular Hbond substituents is 1. The van der Waals surface area contributed by atoms with Crippen molar-refractivity contribution in [1.82, 2.24) is 9.88 Å². The molecule has 3 rings (SSSR count). The van der Waals surface area contributed by atoms with E-state index < -0.39 is 0 Å². The van der Waals surface area contributed by atoms with Crippen molar-refractivity contribution in [2.45, 2.75) is 20.4 Å². The summed E-state index contributed by atoms with van der Waals surface area (Å²) in [6, 6.07) is 15.1. The summed E-state index contributed by atoms with van der Waals surface area (Å²) in [4.78, 5) is 6.87. The Balaban J connectivity index is 1.85. The molecule has 0 saturated heterocycles. The summed E-state index contributed by atoms with van der Waals surface area (Å²) in [7, 11) is 0. The molecule has 0 atom stereocenters. The van der Waals surface area contributed by atoms with Gasteiger partial charge in [-0.3, -0.25) is 4.90 Å². The normalized spacial score (nSPS) is 11.2. The van der Waals surface area contributed by atoms with E-state index in [0.717, 1.165) is 53.3 Å². The average Bonchev–Trinajstić information content (AvgIpc) is 2.62. The summed E-state index contributed by atoms with van der Waals surface area (Å²) in [6.45, 7) is 6.85. The number of nitrogens with one attached hydrogen (secondary N) is 1. The minimum atomic E-state index is 0.316. The van der Waals surface area contributed by atoms with E-state index in [-0.39, 0.29) is 0 Å². The Morgan fingerprint density at radius 1 is 1.08 bits per heavy atom. The molecular weight excluding hydrogens is 312 g/mol. The van der Waals surface area contributed by atoms with Crippen molar-refractivity contribution in [1.29, 1.82) is 0 Å². The quantitative estimate of drug-likeness (QED) is 0.467. The van der Waals surface area contributed by atoms with Crippen molar-refractivity contribution in [3.05, 3.63) is 54.1 Å². The molecule has 3 aromatic rings. The van der Waals surface area contributed by atoms with Crippen molar-refractivity contribution in [2.75, 3.05) is 24.1 Å². The molecule has 5 heteroatoms. The summed E-state index contributed by atoms with van der Waals surface area (Å²) < 4.78 is 0. The number of pyridine rings is 1. The molecule has 0 aliphatic rings. The third-order valence-electron chi connectivity index (χ3n) is 4.41. The summed E-state index contributed by atoms with van der Waals surface area (Å²) >= 11 is 0. The number of fused-ring (bicyclic) bond motifs is 1. The molecule has 0 amide bonds. The van der Waals surface area contributed by atoms with Gasteiger partial charge in [-0.25, -0.2) is 4.98 Å². The largest absolute Gasteiger partial charge is 0.508 e. The number of hydrogen-bond donors (Lipinski definition) is 3. The van der Waals surface area contributed by atoms with Gasteiger partial charge in [0.15, 0.2) is 0 Å². The Labute approximate surface area is 148 Å². The molecule has 0 radical (unpaired) electrons. The Kier molecular flexibility index (Phi) is 5.05. The Morgan fingerprint density at radius 2 is 1.88 bits per heavy atom. The minimum absolute atomic E-state index is 0.316. The van der Waals surface area contributed by atoms with Gasteiger partial charge in [0.05, 0.1) is 5.52 Å². The summed E-state index contributed by atoms with van der Waals surface area (Å²) in [5, 5.41) is 14.4. The smallest absolute Gasteiger partial charge is 0.131 e. The fraction of sp³-hybridized carbons (Fsp3) is 0.250. The monoisotopic (exact) mass is 336 g/mol. The van der Waals surface area contributed by atoms with Crippen molar-refractivity contribution in [3.63, 3.8) is 0 Å². The van der Waals surface area contributed by atoms with Gasteiger partial charge in [-0.15, -0.1) is 0 Å². The molecular formula is C20H24N4O. The first kappa shape index (κ1) is 17.0. The maximum atomic E-state index is 10.1. The highest BCUT2D eigenvalue weighted by Gasteiger charge is 2.08. The molecule has 2 aromatic carbocycles. The molecule has 25 heavy (non-hydrogen) atoms. The number of nitrogens with two attached hydrogens (primary N) is 1. The van der Waals surface area contributed by atoms with Crippen LogP contribution < -0.4 is 11.1 Å². The van der Waals surface area contributed by atoms with Gasteiger partial charge < -0.3 is 16.2 Å². The molecule has 1 aromatic heterocycles. The van der Waals surface area contributed by atoms with Gasteiger partial charge in [-0.2, -0.15) is 0 Å². The molecule has 0 fully saturated rings.